The van der Waals surface area contributed by atoms with Crippen molar-refractivity contribution in [2.24, 2.45) is 0 Å². The van der Waals surface area contributed by atoms with Crippen molar-refractivity contribution in [1.82, 2.24) is 4.67 Å². The quantitative estimate of drug-likeness (QED) is 0.629. The Morgan fingerprint density at radius 2 is 1.46 bits per heavy atom. The van der Waals surface area contributed by atoms with E-state index in [4.69, 9.17) is 0 Å². The third kappa shape index (κ3) is 4.48. The smallest absolute Gasteiger partial charge is 0.0371 e. The first kappa shape index (κ1) is 20.9. The fraction of sp³-hybridized carbons (Fsp3) is 0.478. The number of anilines is 1. The van der Waals surface area contributed by atoms with Gasteiger partial charge < -0.3 is 4.90 Å². The molecular formula is C23H35N2P. The minimum atomic E-state index is -0.450. The molecule has 1 aliphatic heterocycles. The zero-order chi connectivity index (χ0) is 17.8. The molecule has 3 heteroatoms. The molecule has 0 aliphatic carbocycles. The molecule has 3 atom stereocenters. The average Bonchev–Trinajstić information content (AvgIpc) is 2.96. The van der Waals surface area contributed by atoms with Crippen LogP contribution in [-0.2, 0) is 0 Å². The lowest BCUT2D eigenvalue weighted by Crippen LogP contribution is -2.33. The molecule has 142 valence electrons. The van der Waals surface area contributed by atoms with E-state index in [1.165, 1.54) is 35.6 Å². The molecule has 1 unspecified atom stereocenters. The van der Waals surface area contributed by atoms with Gasteiger partial charge in [0.05, 0.1) is 0 Å². The molecule has 26 heavy (non-hydrogen) atoms. The Kier molecular flexibility index (Phi) is 7.68. The molecule has 0 bridgehead atoms. The highest BCUT2D eigenvalue weighted by Gasteiger charge is 2.27. The number of hydrogen-bond acceptors (Lipinski definition) is 2. The zero-order valence-electron chi connectivity index (χ0n) is 16.0. The van der Waals surface area contributed by atoms with Crippen LogP contribution in [0.3, 0.4) is 0 Å². The number of rotatable bonds is 6. The Bertz CT molecular complexity index is 646. The van der Waals surface area contributed by atoms with E-state index in [0.717, 1.165) is 6.54 Å². The zero-order valence-corrected chi connectivity index (χ0v) is 16.9. The van der Waals surface area contributed by atoms with Gasteiger partial charge in [0.2, 0.25) is 0 Å². The summed E-state index contributed by atoms with van der Waals surface area (Å²) in [6.07, 6.45) is 3.79. The van der Waals surface area contributed by atoms with Crippen molar-refractivity contribution in [3.8, 4) is 0 Å². The molecule has 2 aromatic carbocycles. The van der Waals surface area contributed by atoms with E-state index < -0.39 is 8.07 Å². The van der Waals surface area contributed by atoms with Gasteiger partial charge in [-0.05, 0) is 62.9 Å². The Hall–Kier alpha value is -1.37. The van der Waals surface area contributed by atoms with Crippen molar-refractivity contribution >= 4 is 24.4 Å². The van der Waals surface area contributed by atoms with Crippen molar-refractivity contribution < 1.29 is 0 Å². The minimum Gasteiger partial charge on any atom is -0.366 e. The molecule has 1 aliphatic rings. The molecule has 1 heterocycles. The van der Waals surface area contributed by atoms with Crippen LogP contribution in [0.4, 0.5) is 5.69 Å². The molecule has 2 aromatic rings. The van der Waals surface area contributed by atoms with Crippen LogP contribution in [0, 0.1) is 0 Å². The fourth-order valence-corrected chi connectivity index (χ4v) is 6.38. The molecule has 0 radical (unpaired) electrons. The molecule has 0 aromatic heterocycles. The molecule has 2 nitrogen and oxygen atoms in total. The third-order valence-corrected chi connectivity index (χ3v) is 7.69. The van der Waals surface area contributed by atoms with Gasteiger partial charge in [-0.15, -0.1) is 0 Å². The molecule has 0 amide bonds. The first-order valence-electron chi connectivity index (χ1n) is 9.56. The first-order chi connectivity index (χ1) is 12.1. The highest BCUT2D eigenvalue weighted by atomic mass is 31.1. The number of hydrogen-bond donors (Lipinski definition) is 0. The molecule has 3 rings (SSSR count). The van der Waals surface area contributed by atoms with Crippen LogP contribution < -0.4 is 15.5 Å². The van der Waals surface area contributed by atoms with Gasteiger partial charge in [-0.1, -0.05) is 56.8 Å². The lowest BCUT2D eigenvalue weighted by molar-refractivity contribution is 0.549. The van der Waals surface area contributed by atoms with E-state index in [9.17, 15) is 0 Å². The predicted octanol–water partition coefficient (Wildman–Crippen LogP) is 5.39. The minimum absolute atomic E-state index is 0. The SMILES string of the molecule is C.CCCN(C)P(c1ccccc1)c1ccc(N2[C@H](C)CC[C@@H]2C)cc1. The fourth-order valence-electron chi connectivity index (χ4n) is 4.01. The van der Waals surface area contributed by atoms with E-state index >= 15 is 0 Å². The summed E-state index contributed by atoms with van der Waals surface area (Å²) in [5.41, 5.74) is 1.38. The Morgan fingerprint density at radius 3 is 2.00 bits per heavy atom. The summed E-state index contributed by atoms with van der Waals surface area (Å²) in [6.45, 7) is 8.09. The highest BCUT2D eigenvalue weighted by Crippen LogP contribution is 2.38. The van der Waals surface area contributed by atoms with Crippen LogP contribution in [-0.4, -0.2) is 30.3 Å². The van der Waals surface area contributed by atoms with E-state index in [0.29, 0.717) is 12.1 Å². The summed E-state index contributed by atoms with van der Waals surface area (Å²) < 4.78 is 2.53. The maximum atomic E-state index is 2.59. The van der Waals surface area contributed by atoms with E-state index in [2.05, 4.69) is 92.0 Å². The van der Waals surface area contributed by atoms with Crippen LogP contribution in [0.5, 0.6) is 0 Å². The second-order valence-corrected chi connectivity index (χ2v) is 9.57. The van der Waals surface area contributed by atoms with Crippen LogP contribution >= 0.6 is 8.07 Å². The summed E-state index contributed by atoms with van der Waals surface area (Å²) in [6, 6.07) is 21.7. The van der Waals surface area contributed by atoms with Crippen molar-refractivity contribution in [3.63, 3.8) is 0 Å². The molecular weight excluding hydrogens is 335 g/mol. The largest absolute Gasteiger partial charge is 0.366 e. The number of benzene rings is 2. The molecule has 0 spiro atoms. The van der Waals surface area contributed by atoms with Crippen LogP contribution in [0.2, 0.25) is 0 Å². The van der Waals surface area contributed by atoms with E-state index in [-0.39, 0.29) is 7.43 Å². The highest BCUT2D eigenvalue weighted by molar-refractivity contribution is 7.70. The average molecular weight is 371 g/mol. The summed E-state index contributed by atoms with van der Waals surface area (Å²) >= 11 is 0. The molecule has 1 saturated heterocycles. The Morgan fingerprint density at radius 1 is 0.923 bits per heavy atom. The summed E-state index contributed by atoms with van der Waals surface area (Å²) in [4.78, 5) is 2.59. The van der Waals surface area contributed by atoms with Crippen LogP contribution in [0.1, 0.15) is 47.5 Å². The first-order valence-corrected chi connectivity index (χ1v) is 10.9. The Labute approximate surface area is 162 Å². The van der Waals surface area contributed by atoms with Gasteiger partial charge in [-0.2, -0.15) is 0 Å². The van der Waals surface area contributed by atoms with Crippen molar-refractivity contribution in [2.45, 2.75) is 59.5 Å². The van der Waals surface area contributed by atoms with Gasteiger partial charge in [0, 0.05) is 32.4 Å². The van der Waals surface area contributed by atoms with Crippen molar-refractivity contribution in [2.75, 3.05) is 18.5 Å². The van der Waals surface area contributed by atoms with Gasteiger partial charge in [0.15, 0.2) is 0 Å². The molecule has 0 N–H and O–H groups in total. The summed E-state index contributed by atoms with van der Waals surface area (Å²) in [5.74, 6) is 0. The maximum Gasteiger partial charge on any atom is 0.0371 e. The lowest BCUT2D eigenvalue weighted by atomic mass is 10.2. The van der Waals surface area contributed by atoms with Crippen LogP contribution in [0.15, 0.2) is 54.6 Å². The number of nitrogens with zero attached hydrogens (tertiary/aromatic N) is 2. The maximum absolute atomic E-state index is 2.59. The second kappa shape index (κ2) is 9.53. The second-order valence-electron chi connectivity index (χ2n) is 7.23. The molecule has 1 fully saturated rings. The van der Waals surface area contributed by atoms with Crippen LogP contribution in [0.25, 0.3) is 0 Å². The lowest BCUT2D eigenvalue weighted by Gasteiger charge is -2.31. The van der Waals surface area contributed by atoms with Crippen molar-refractivity contribution in [1.29, 1.82) is 0 Å². The normalized spacial score (nSPS) is 20.9. The summed E-state index contributed by atoms with van der Waals surface area (Å²) in [7, 11) is 1.81. The van der Waals surface area contributed by atoms with Gasteiger partial charge in [-0.3, -0.25) is 4.67 Å². The van der Waals surface area contributed by atoms with Gasteiger partial charge in [0.25, 0.3) is 0 Å². The standard InChI is InChI=1S/C22H31N2P.CH4/c1-5-17-23(4)25(21-9-7-6-8-10-21)22-15-13-20(14-16-22)24-18(2)11-12-19(24)3;/h6-10,13-16,18-19H,5,11-12,17H2,1-4H3;1H4/t18-,19+,25?;. The Balaban J connectivity index is 0.00000243. The van der Waals surface area contributed by atoms with Gasteiger partial charge in [0.1, 0.15) is 0 Å². The topological polar surface area (TPSA) is 6.48 Å². The van der Waals surface area contributed by atoms with Crippen molar-refractivity contribution in [3.05, 3.63) is 54.6 Å². The predicted molar refractivity (Wildman–Crippen MR) is 119 cm³/mol. The molecule has 0 saturated carbocycles. The van der Waals surface area contributed by atoms with E-state index in [1.54, 1.807) is 0 Å². The van der Waals surface area contributed by atoms with E-state index in [1.807, 2.05) is 0 Å². The summed E-state index contributed by atoms with van der Waals surface area (Å²) in [5, 5.41) is 2.88. The van der Waals surface area contributed by atoms with Gasteiger partial charge in [-0.25, -0.2) is 0 Å². The third-order valence-electron chi connectivity index (χ3n) is 5.23. The van der Waals surface area contributed by atoms with Gasteiger partial charge >= 0.3 is 0 Å². The monoisotopic (exact) mass is 370 g/mol.